The van der Waals surface area contributed by atoms with Crippen molar-refractivity contribution in [3.63, 3.8) is 0 Å². The molecule has 2 aliphatic heterocycles. The van der Waals surface area contributed by atoms with Gasteiger partial charge in [-0.2, -0.15) is 0 Å². The zero-order chi connectivity index (χ0) is 17.7. The van der Waals surface area contributed by atoms with Crippen molar-refractivity contribution in [2.75, 3.05) is 13.2 Å². The normalized spacial score (nSPS) is 29.1. The lowest BCUT2D eigenvalue weighted by molar-refractivity contribution is -0.220. The van der Waals surface area contributed by atoms with Crippen molar-refractivity contribution < 1.29 is 23.0 Å². The number of hydrogen-bond donors (Lipinski definition) is 0. The highest BCUT2D eigenvalue weighted by molar-refractivity contribution is 5.80. The summed E-state index contributed by atoms with van der Waals surface area (Å²) in [6.07, 6.45) is -1.39. The van der Waals surface area contributed by atoms with Gasteiger partial charge in [0, 0.05) is 0 Å². The summed E-state index contributed by atoms with van der Waals surface area (Å²) in [4.78, 5) is 12.2. The van der Waals surface area contributed by atoms with Gasteiger partial charge in [0.05, 0.1) is 13.2 Å². The molecular weight excluding hydrogens is 326 g/mol. The molecule has 5 rings (SSSR count). The van der Waals surface area contributed by atoms with Crippen LogP contribution in [0.15, 0.2) is 54.6 Å². The van der Waals surface area contributed by atoms with E-state index in [1.165, 1.54) is 0 Å². The fraction of sp³-hybridized carbons (Fsp3) is 0.350. The summed E-state index contributed by atoms with van der Waals surface area (Å²) >= 11 is 0. The van der Waals surface area contributed by atoms with Gasteiger partial charge in [0.1, 0.15) is 17.4 Å². The van der Waals surface area contributed by atoms with Crippen molar-refractivity contribution in [2.24, 2.45) is 5.92 Å². The van der Waals surface area contributed by atoms with E-state index in [1.807, 2.05) is 42.5 Å². The van der Waals surface area contributed by atoms with Crippen LogP contribution in [-0.2, 0) is 19.7 Å². The van der Waals surface area contributed by atoms with Crippen LogP contribution in [0.3, 0.4) is 0 Å². The number of esters is 1. The molecule has 3 fully saturated rings. The first kappa shape index (κ1) is 16.2. The molecule has 2 bridgehead atoms. The Hall–Kier alpha value is -2.27. The minimum absolute atomic E-state index is 0.163. The number of rotatable bonds is 4. The molecule has 3 unspecified atom stereocenters. The fourth-order valence-corrected chi connectivity index (χ4v) is 4.04. The number of halogens is 2. The quantitative estimate of drug-likeness (QED) is 0.791. The van der Waals surface area contributed by atoms with Crippen LogP contribution in [-0.4, -0.2) is 31.2 Å². The van der Waals surface area contributed by atoms with Crippen molar-refractivity contribution in [1.82, 2.24) is 0 Å². The summed E-state index contributed by atoms with van der Waals surface area (Å²) in [6.45, 7) is 1.66. The molecule has 2 heterocycles. The second-order valence-electron chi connectivity index (χ2n) is 6.50. The Morgan fingerprint density at radius 2 is 1.76 bits per heavy atom. The molecule has 25 heavy (non-hydrogen) atoms. The highest BCUT2D eigenvalue weighted by Gasteiger charge is 2.83. The predicted molar refractivity (Wildman–Crippen MR) is 88.4 cm³/mol. The van der Waals surface area contributed by atoms with Crippen molar-refractivity contribution >= 4 is 5.97 Å². The lowest BCUT2D eigenvalue weighted by Gasteiger charge is -2.50. The number of fused-ring (bicyclic) bond motifs is 1. The van der Waals surface area contributed by atoms with E-state index in [1.54, 1.807) is 19.1 Å². The molecule has 130 valence electrons. The number of benzene rings is 2. The van der Waals surface area contributed by atoms with Gasteiger partial charge in [-0.1, -0.05) is 54.6 Å². The molecule has 1 aliphatic carbocycles. The maximum atomic E-state index is 14.7. The summed E-state index contributed by atoms with van der Waals surface area (Å²) in [5, 5.41) is 0. The highest BCUT2D eigenvalue weighted by Crippen LogP contribution is 2.65. The summed E-state index contributed by atoms with van der Waals surface area (Å²) in [5.41, 5.74) is 0.740. The van der Waals surface area contributed by atoms with Crippen LogP contribution >= 0.6 is 0 Å². The molecule has 5 heteroatoms. The maximum Gasteiger partial charge on any atom is 0.313 e. The molecule has 0 radical (unpaired) electrons. The van der Waals surface area contributed by atoms with Crippen LogP contribution in [0, 0.1) is 5.92 Å². The number of carbonyl (C=O) groups excluding carboxylic acids is 1. The molecule has 3 aliphatic rings. The molecule has 0 N–H and O–H groups in total. The molecule has 1 saturated carbocycles. The Labute approximate surface area is 144 Å². The summed E-state index contributed by atoms with van der Waals surface area (Å²) in [6, 6.07) is 16.7. The first-order chi connectivity index (χ1) is 12.0. The SMILES string of the molecule is CCOC(=O)C1C2OCC1(c1ccc(-c3ccccc3)cc1)C2(F)F. The van der Waals surface area contributed by atoms with Gasteiger partial charge >= 0.3 is 5.97 Å². The number of ether oxygens (including phenoxy) is 2. The topological polar surface area (TPSA) is 35.5 Å². The Balaban J connectivity index is 1.71. The minimum Gasteiger partial charge on any atom is -0.466 e. The molecule has 0 spiro atoms. The molecule has 3 nitrogen and oxygen atoms in total. The van der Waals surface area contributed by atoms with E-state index in [9.17, 15) is 13.6 Å². The molecule has 2 aromatic carbocycles. The maximum absolute atomic E-state index is 14.7. The third kappa shape index (κ3) is 2.08. The lowest BCUT2D eigenvalue weighted by atomic mass is 9.54. The Kier molecular flexibility index (Phi) is 3.65. The second kappa shape index (κ2) is 5.63. The van der Waals surface area contributed by atoms with Gasteiger partial charge in [-0.3, -0.25) is 4.79 Å². The standard InChI is InChI=1S/C20H18F2O3/c1-2-24-18(23)16-17-20(21,22)19(16,12-25-17)15-10-8-14(9-11-15)13-6-4-3-5-7-13/h3-11,16-17H,2,12H2,1H3. The van der Waals surface area contributed by atoms with Crippen LogP contribution in [0.2, 0.25) is 0 Å². The van der Waals surface area contributed by atoms with E-state index in [-0.39, 0.29) is 13.2 Å². The van der Waals surface area contributed by atoms with Crippen molar-refractivity contribution in [3.05, 3.63) is 60.2 Å². The molecule has 0 amide bonds. The Bertz CT molecular complexity index is 788. The van der Waals surface area contributed by atoms with E-state index < -0.39 is 29.3 Å². The van der Waals surface area contributed by atoms with Crippen LogP contribution in [0.5, 0.6) is 0 Å². The predicted octanol–water partition coefficient (Wildman–Crippen LogP) is 3.82. The third-order valence-corrected chi connectivity index (χ3v) is 5.32. The zero-order valence-corrected chi connectivity index (χ0v) is 13.7. The van der Waals surface area contributed by atoms with Crippen LogP contribution in [0.25, 0.3) is 11.1 Å². The molecule has 2 saturated heterocycles. The molecule has 2 aromatic rings. The van der Waals surface area contributed by atoms with Crippen molar-refractivity contribution in [3.8, 4) is 11.1 Å². The van der Waals surface area contributed by atoms with Gasteiger partial charge in [-0.05, 0) is 23.6 Å². The average Bonchev–Trinajstić information content (AvgIpc) is 3.17. The number of alkyl halides is 2. The minimum atomic E-state index is -3.07. The fourth-order valence-electron chi connectivity index (χ4n) is 4.04. The van der Waals surface area contributed by atoms with Crippen LogP contribution < -0.4 is 0 Å². The molecule has 3 atom stereocenters. The van der Waals surface area contributed by atoms with E-state index in [2.05, 4.69) is 0 Å². The van der Waals surface area contributed by atoms with Gasteiger partial charge in [0.15, 0.2) is 0 Å². The molecular formula is C20H18F2O3. The first-order valence-electron chi connectivity index (χ1n) is 8.34. The Morgan fingerprint density at radius 3 is 2.36 bits per heavy atom. The van der Waals surface area contributed by atoms with Crippen molar-refractivity contribution in [1.29, 1.82) is 0 Å². The van der Waals surface area contributed by atoms with E-state index >= 15 is 0 Å². The van der Waals surface area contributed by atoms with Gasteiger partial charge in [0.25, 0.3) is 5.92 Å². The van der Waals surface area contributed by atoms with Crippen LogP contribution in [0.1, 0.15) is 12.5 Å². The summed E-state index contributed by atoms with van der Waals surface area (Å²) in [7, 11) is 0. The first-order valence-corrected chi connectivity index (χ1v) is 8.34. The summed E-state index contributed by atoms with van der Waals surface area (Å²) in [5.74, 6) is -4.63. The van der Waals surface area contributed by atoms with Gasteiger partial charge in [0.2, 0.25) is 0 Å². The summed E-state index contributed by atoms with van der Waals surface area (Å²) < 4.78 is 39.6. The van der Waals surface area contributed by atoms with Gasteiger partial charge in [-0.25, -0.2) is 8.78 Å². The van der Waals surface area contributed by atoms with Gasteiger partial charge in [-0.15, -0.1) is 0 Å². The Morgan fingerprint density at radius 1 is 1.12 bits per heavy atom. The van der Waals surface area contributed by atoms with Crippen molar-refractivity contribution in [2.45, 2.75) is 24.4 Å². The van der Waals surface area contributed by atoms with Gasteiger partial charge < -0.3 is 9.47 Å². The van der Waals surface area contributed by atoms with E-state index in [0.29, 0.717) is 5.56 Å². The third-order valence-electron chi connectivity index (χ3n) is 5.32. The number of hydrogen-bond acceptors (Lipinski definition) is 3. The molecule has 0 aromatic heterocycles. The zero-order valence-electron chi connectivity index (χ0n) is 13.7. The smallest absolute Gasteiger partial charge is 0.313 e. The average molecular weight is 344 g/mol. The second-order valence-corrected chi connectivity index (χ2v) is 6.50. The van der Waals surface area contributed by atoms with E-state index in [4.69, 9.17) is 9.47 Å². The largest absolute Gasteiger partial charge is 0.466 e. The lowest BCUT2D eigenvalue weighted by Crippen LogP contribution is -2.69. The monoisotopic (exact) mass is 344 g/mol. The number of carbonyl (C=O) groups is 1. The highest BCUT2D eigenvalue weighted by atomic mass is 19.3. The van der Waals surface area contributed by atoms with E-state index in [0.717, 1.165) is 11.1 Å². The van der Waals surface area contributed by atoms with Crippen LogP contribution in [0.4, 0.5) is 8.78 Å².